The molecule has 10 nitrogen and oxygen atoms in total. The van der Waals surface area contributed by atoms with Crippen molar-refractivity contribution in [2.75, 3.05) is 29.0 Å². The number of hydrogen-bond donors (Lipinski definition) is 4. The molecule has 51 heavy (non-hydrogen) atoms. The number of carbonyl (C=O) groups excluding carboxylic acids is 2. The van der Waals surface area contributed by atoms with Crippen molar-refractivity contribution in [1.29, 1.82) is 0 Å². The van der Waals surface area contributed by atoms with Crippen molar-refractivity contribution in [2.24, 2.45) is 5.92 Å². The monoisotopic (exact) mass is 757 g/mol. The van der Waals surface area contributed by atoms with Gasteiger partial charge in [-0.25, -0.2) is 9.97 Å². The zero-order valence-corrected chi connectivity index (χ0v) is 31.6. The number of nitrogens with one attached hydrogen (secondary N) is 3. The minimum Gasteiger partial charge on any atom is -0.481 e. The average Bonchev–Trinajstić information content (AvgIpc) is 3.07. The number of carboxylic acids is 1. The number of aliphatic carboxylic acids is 1. The first-order valence-electron chi connectivity index (χ1n) is 17.3. The summed E-state index contributed by atoms with van der Waals surface area (Å²) in [6.45, 7) is 6.73. The maximum atomic E-state index is 12.6. The highest BCUT2D eigenvalue weighted by atomic mass is 35.5. The molecule has 2 heterocycles. The van der Waals surface area contributed by atoms with E-state index in [2.05, 4.69) is 25.9 Å². The van der Waals surface area contributed by atoms with Gasteiger partial charge in [-0.3, -0.25) is 14.4 Å². The standard InChI is InChI=1S/C25H34ClN3O3.C13H12Cl2N2O2/c1-25(2,3)32-23(31)10-7-15-27-21-14-11-18-20(28-21)13-12-19(26)24(18)29-22(30)16-17-8-5-4-6-9-17;14-9-4-5-10-8(3-6-11(15)17-10)13(9)16-7-1-2-12(18)19/h11-14,17H,4-10,15-16H2,1-3H3,(H,27,28)(H,29,30);3-6,16H,1-2,7H2,(H,18,19). The van der Waals surface area contributed by atoms with Gasteiger partial charge in [0.15, 0.2) is 0 Å². The number of amides is 1. The van der Waals surface area contributed by atoms with Crippen molar-refractivity contribution >= 4 is 91.6 Å². The lowest BCUT2D eigenvalue weighted by Gasteiger charge is -2.21. The van der Waals surface area contributed by atoms with E-state index < -0.39 is 11.6 Å². The number of ether oxygens (including phenoxy) is 1. The first-order valence-corrected chi connectivity index (χ1v) is 18.5. The van der Waals surface area contributed by atoms with Crippen LogP contribution in [0.4, 0.5) is 17.2 Å². The van der Waals surface area contributed by atoms with Crippen LogP contribution in [-0.4, -0.2) is 51.6 Å². The summed E-state index contributed by atoms with van der Waals surface area (Å²) in [5, 5.41) is 21.2. The number of nitrogens with zero attached hydrogens (tertiary/aromatic N) is 2. The molecule has 0 radical (unpaired) electrons. The minimum atomic E-state index is -0.806. The molecule has 2 aromatic carbocycles. The first kappa shape index (κ1) is 39.9. The van der Waals surface area contributed by atoms with Gasteiger partial charge in [0.25, 0.3) is 0 Å². The Balaban J connectivity index is 0.000000261. The van der Waals surface area contributed by atoms with Crippen LogP contribution in [0, 0.1) is 5.92 Å². The summed E-state index contributed by atoms with van der Waals surface area (Å²) in [5.41, 5.74) is 2.41. The number of carbonyl (C=O) groups is 3. The fraction of sp³-hybridized carbons (Fsp3) is 0.447. The number of hydrogen-bond acceptors (Lipinski definition) is 8. The molecule has 0 spiro atoms. The lowest BCUT2D eigenvalue weighted by Crippen LogP contribution is -2.24. The van der Waals surface area contributed by atoms with Crippen molar-refractivity contribution in [3.8, 4) is 0 Å². The normalized spacial score (nSPS) is 13.3. The van der Waals surface area contributed by atoms with Crippen molar-refractivity contribution in [2.45, 2.75) is 90.6 Å². The highest BCUT2D eigenvalue weighted by molar-refractivity contribution is 6.36. The maximum Gasteiger partial charge on any atom is 0.306 e. The van der Waals surface area contributed by atoms with E-state index in [1.54, 1.807) is 24.3 Å². The molecule has 0 saturated heterocycles. The SMILES string of the molecule is CC(C)(C)OC(=O)CCCNc1ccc2c(NC(=O)CC3CCCCC3)c(Cl)ccc2n1.O=C(O)CCCNc1c(Cl)ccc2nc(Cl)ccc12. The highest BCUT2D eigenvalue weighted by Gasteiger charge is 2.19. The number of fused-ring (bicyclic) bond motifs is 2. The molecule has 4 aromatic rings. The number of anilines is 3. The van der Waals surface area contributed by atoms with Crippen LogP contribution < -0.4 is 16.0 Å². The molecule has 0 aliphatic heterocycles. The average molecular weight is 759 g/mol. The van der Waals surface area contributed by atoms with Crippen molar-refractivity contribution in [1.82, 2.24) is 9.97 Å². The van der Waals surface area contributed by atoms with Gasteiger partial charge in [0, 0.05) is 43.1 Å². The molecular weight excluding hydrogens is 713 g/mol. The topological polar surface area (TPSA) is 143 Å². The Hall–Kier alpha value is -3.86. The summed E-state index contributed by atoms with van der Waals surface area (Å²) in [5.74, 6) is 0.180. The van der Waals surface area contributed by atoms with E-state index in [-0.39, 0.29) is 18.3 Å². The van der Waals surface area contributed by atoms with Crippen molar-refractivity contribution in [3.63, 3.8) is 0 Å². The molecule has 1 aliphatic rings. The Morgan fingerprint density at radius 3 is 2.08 bits per heavy atom. The van der Waals surface area contributed by atoms with Crippen LogP contribution in [0.5, 0.6) is 0 Å². The predicted octanol–water partition coefficient (Wildman–Crippen LogP) is 10.1. The molecular formula is C38H46Cl3N5O5. The van der Waals surface area contributed by atoms with E-state index >= 15 is 0 Å². The summed E-state index contributed by atoms with van der Waals surface area (Å²) in [6.07, 6.45) is 8.15. The van der Waals surface area contributed by atoms with Gasteiger partial charge in [-0.1, -0.05) is 54.1 Å². The lowest BCUT2D eigenvalue weighted by atomic mass is 9.87. The number of pyridine rings is 2. The van der Waals surface area contributed by atoms with Gasteiger partial charge in [0.2, 0.25) is 5.91 Å². The fourth-order valence-corrected chi connectivity index (χ4v) is 6.47. The van der Waals surface area contributed by atoms with Gasteiger partial charge in [-0.15, -0.1) is 0 Å². The number of carboxylic acid groups (broad SMARTS) is 1. The molecule has 2 aromatic heterocycles. The summed E-state index contributed by atoms with van der Waals surface area (Å²) < 4.78 is 5.32. The fourth-order valence-electron chi connectivity index (χ4n) is 5.87. The summed E-state index contributed by atoms with van der Waals surface area (Å²) in [4.78, 5) is 43.7. The molecule has 1 aliphatic carbocycles. The Labute approximate surface area is 314 Å². The number of halogens is 3. The first-order chi connectivity index (χ1) is 24.3. The van der Waals surface area contributed by atoms with E-state index in [0.717, 1.165) is 40.3 Å². The van der Waals surface area contributed by atoms with Gasteiger partial charge in [-0.05, 0) is 101 Å². The van der Waals surface area contributed by atoms with E-state index in [1.807, 2.05) is 45.0 Å². The quantitative estimate of drug-likeness (QED) is 0.0595. The number of aromatic nitrogens is 2. The molecule has 0 bridgehead atoms. The Morgan fingerprint density at radius 2 is 1.39 bits per heavy atom. The second-order valence-electron chi connectivity index (χ2n) is 13.6. The zero-order chi connectivity index (χ0) is 37.0. The van der Waals surface area contributed by atoms with Crippen LogP contribution in [0.1, 0.15) is 85.0 Å². The molecule has 1 fully saturated rings. The van der Waals surface area contributed by atoms with Gasteiger partial charge in [0.05, 0.1) is 32.5 Å². The van der Waals surface area contributed by atoms with Crippen molar-refractivity contribution < 1.29 is 24.2 Å². The number of benzene rings is 2. The van der Waals surface area contributed by atoms with Crippen LogP contribution in [-0.2, 0) is 19.1 Å². The Morgan fingerprint density at radius 1 is 0.784 bits per heavy atom. The molecule has 0 atom stereocenters. The van der Waals surface area contributed by atoms with Crippen LogP contribution in [0.15, 0.2) is 48.5 Å². The smallest absolute Gasteiger partial charge is 0.306 e. The third kappa shape index (κ3) is 13.0. The molecule has 13 heteroatoms. The molecule has 5 rings (SSSR count). The second-order valence-corrected chi connectivity index (χ2v) is 14.8. The Bertz CT molecular complexity index is 1830. The molecule has 274 valence electrons. The van der Waals surface area contributed by atoms with E-state index in [4.69, 9.17) is 44.6 Å². The summed E-state index contributed by atoms with van der Waals surface area (Å²) >= 11 is 18.4. The molecule has 1 saturated carbocycles. The van der Waals surface area contributed by atoms with Crippen molar-refractivity contribution in [3.05, 3.63) is 63.7 Å². The van der Waals surface area contributed by atoms with Crippen LogP contribution >= 0.6 is 34.8 Å². The molecule has 4 N–H and O–H groups in total. The number of rotatable bonds is 13. The van der Waals surface area contributed by atoms with Crippen LogP contribution in [0.2, 0.25) is 15.2 Å². The van der Waals surface area contributed by atoms with Gasteiger partial charge >= 0.3 is 11.9 Å². The van der Waals surface area contributed by atoms with E-state index in [1.165, 1.54) is 19.3 Å². The van der Waals surface area contributed by atoms with Crippen LogP contribution in [0.3, 0.4) is 0 Å². The predicted molar refractivity (Wildman–Crippen MR) is 207 cm³/mol. The summed E-state index contributed by atoms with van der Waals surface area (Å²) in [7, 11) is 0. The summed E-state index contributed by atoms with van der Waals surface area (Å²) in [6, 6.07) is 14.5. The Kier molecular flexibility index (Phi) is 15.0. The third-order valence-corrected chi connectivity index (χ3v) is 9.06. The zero-order valence-electron chi connectivity index (χ0n) is 29.3. The lowest BCUT2D eigenvalue weighted by molar-refractivity contribution is -0.154. The van der Waals surface area contributed by atoms with E-state index in [0.29, 0.717) is 71.4 Å². The minimum absolute atomic E-state index is 0.00986. The highest BCUT2D eigenvalue weighted by Crippen LogP contribution is 2.33. The van der Waals surface area contributed by atoms with Gasteiger partial charge in [-0.2, -0.15) is 0 Å². The maximum absolute atomic E-state index is 12.6. The van der Waals surface area contributed by atoms with E-state index in [9.17, 15) is 14.4 Å². The van der Waals surface area contributed by atoms with Gasteiger partial charge in [0.1, 0.15) is 16.6 Å². The van der Waals surface area contributed by atoms with Gasteiger partial charge < -0.3 is 25.8 Å². The number of esters is 1. The molecule has 0 unspecified atom stereocenters. The largest absolute Gasteiger partial charge is 0.481 e. The molecule has 1 amide bonds. The second kappa shape index (κ2) is 19.1. The van der Waals surface area contributed by atoms with Crippen LogP contribution in [0.25, 0.3) is 21.8 Å². The third-order valence-electron chi connectivity index (χ3n) is 8.22.